The van der Waals surface area contributed by atoms with Crippen LogP contribution < -0.4 is 9.67 Å². The molecule has 0 saturated heterocycles. The molecule has 0 aromatic carbocycles. The van der Waals surface area contributed by atoms with E-state index in [0.717, 1.165) is 13.5 Å². The number of unbranched alkanes of at least 4 members (excludes halogenated alkanes) is 1. The molecule has 0 aliphatic carbocycles. The molecule has 0 bridgehead atoms. The number of aromatic nitrogens is 2. The summed E-state index contributed by atoms with van der Waals surface area (Å²) in [6, 6.07) is 0. The zero-order valence-corrected chi connectivity index (χ0v) is 12.9. The van der Waals surface area contributed by atoms with E-state index in [9.17, 15) is 9.59 Å². The fraction of sp³-hybridized carbons (Fsp3) is 0.429. The van der Waals surface area contributed by atoms with E-state index < -0.39 is 17.9 Å². The summed E-state index contributed by atoms with van der Waals surface area (Å²) >= 11 is 0. The van der Waals surface area contributed by atoms with E-state index >= 15 is 0 Å². The van der Waals surface area contributed by atoms with Crippen molar-refractivity contribution in [1.29, 1.82) is 0 Å². The van der Waals surface area contributed by atoms with Crippen molar-refractivity contribution in [2.24, 2.45) is 7.05 Å². The third-order valence-corrected chi connectivity index (χ3v) is 1.96. The number of carboxylic acid groups (broad SMARTS) is 3. The van der Waals surface area contributed by atoms with Crippen LogP contribution in [0.15, 0.2) is 30.9 Å². The number of imidazole rings is 1. The number of rotatable bonds is 5. The molecule has 0 atom stereocenters. The van der Waals surface area contributed by atoms with Gasteiger partial charge in [0, 0.05) is 18.1 Å². The number of aryl methyl sites for hydroxylation is 2. The highest BCUT2D eigenvalue weighted by Gasteiger charge is 1.96. The van der Waals surface area contributed by atoms with Crippen LogP contribution in [0.1, 0.15) is 26.7 Å². The highest BCUT2D eigenvalue weighted by atomic mass is 16.4. The second kappa shape index (κ2) is 13.3. The van der Waals surface area contributed by atoms with Crippen LogP contribution in [0.5, 0.6) is 0 Å². The topological polar surface area (TPSA) is 124 Å². The summed E-state index contributed by atoms with van der Waals surface area (Å²) in [5.74, 6) is -3.60. The first-order valence-electron chi connectivity index (χ1n) is 6.51. The molecule has 1 heterocycles. The molecule has 0 radical (unpaired) electrons. The normalized spacial score (nSPS) is 9.23. The van der Waals surface area contributed by atoms with Gasteiger partial charge in [0.25, 0.3) is 0 Å². The highest BCUT2D eigenvalue weighted by molar-refractivity contribution is 5.89. The Hall–Kier alpha value is -2.64. The standard InChI is InChI=1S/C8H15N2.C4H4O4.C2H4O2/c1-3-4-5-10-7-6-9(2)8-10;5-3(6)1-2-4(7)8;1-2(3)4/h6-8H,3-5H2,1-2H3;1-2H,(H,5,6)(H,7,8);1H3,(H,3,4)/q+1;;/p-1/b;2-1-;. The summed E-state index contributed by atoms with van der Waals surface area (Å²) in [5, 5.41) is 24.5. The highest BCUT2D eigenvalue weighted by Crippen LogP contribution is 1.91. The van der Waals surface area contributed by atoms with Crippen molar-refractivity contribution in [1.82, 2.24) is 4.57 Å². The molecule has 0 amide bonds. The van der Waals surface area contributed by atoms with Crippen molar-refractivity contribution in [3.8, 4) is 0 Å². The minimum atomic E-state index is -1.26. The molecule has 0 aliphatic heterocycles. The quantitative estimate of drug-likeness (QED) is 0.562. The van der Waals surface area contributed by atoms with E-state index in [1.807, 2.05) is 7.05 Å². The van der Waals surface area contributed by atoms with Gasteiger partial charge in [0.05, 0.1) is 13.6 Å². The van der Waals surface area contributed by atoms with Crippen LogP contribution in [0, 0.1) is 0 Å². The van der Waals surface area contributed by atoms with Crippen molar-refractivity contribution in [2.45, 2.75) is 33.2 Å². The van der Waals surface area contributed by atoms with Crippen molar-refractivity contribution in [3.63, 3.8) is 0 Å². The van der Waals surface area contributed by atoms with Crippen molar-refractivity contribution in [3.05, 3.63) is 30.9 Å². The van der Waals surface area contributed by atoms with Gasteiger partial charge in [0.2, 0.25) is 6.33 Å². The predicted molar refractivity (Wildman–Crippen MR) is 75.6 cm³/mol. The van der Waals surface area contributed by atoms with Crippen LogP contribution in [0.4, 0.5) is 0 Å². The van der Waals surface area contributed by atoms with Gasteiger partial charge in [0.15, 0.2) is 0 Å². The van der Waals surface area contributed by atoms with E-state index in [0.29, 0.717) is 12.2 Å². The average molecular weight is 314 g/mol. The number of carboxylic acids is 3. The fourth-order valence-electron chi connectivity index (χ4n) is 1.12. The number of hydrogen-bond acceptors (Lipinski definition) is 4. The second-order valence-electron chi connectivity index (χ2n) is 4.17. The molecule has 124 valence electrons. The minimum Gasteiger partial charge on any atom is -0.550 e. The molecular formula is C14H22N2O6. The Morgan fingerprint density at radius 1 is 1.23 bits per heavy atom. The van der Waals surface area contributed by atoms with E-state index in [-0.39, 0.29) is 0 Å². The van der Waals surface area contributed by atoms with Gasteiger partial charge >= 0.3 is 11.9 Å². The summed E-state index contributed by atoms with van der Waals surface area (Å²) < 4.78 is 4.28. The van der Waals surface area contributed by atoms with Crippen LogP contribution in [-0.4, -0.2) is 32.7 Å². The molecule has 0 unspecified atom stereocenters. The molecule has 22 heavy (non-hydrogen) atoms. The third kappa shape index (κ3) is 19.7. The summed E-state index contributed by atoms with van der Waals surface area (Å²) in [6.45, 7) is 4.33. The molecule has 0 spiro atoms. The van der Waals surface area contributed by atoms with Crippen LogP contribution in [0.3, 0.4) is 0 Å². The Kier molecular flexibility index (Phi) is 13.1. The molecule has 2 N–H and O–H groups in total. The first-order chi connectivity index (χ1) is 10.2. The van der Waals surface area contributed by atoms with Crippen molar-refractivity contribution >= 4 is 17.9 Å². The molecule has 1 aromatic rings. The molecular weight excluding hydrogens is 292 g/mol. The lowest BCUT2D eigenvalue weighted by atomic mass is 10.3. The SMILES string of the molecule is CC(=O)[O-].CCCCn1cc[n+](C)c1.O=C(O)/C=C\C(=O)O. The average Bonchev–Trinajstić information content (AvgIpc) is 2.80. The first-order valence-corrected chi connectivity index (χ1v) is 6.51. The number of carbonyl (C=O) groups excluding carboxylic acids is 1. The summed E-state index contributed by atoms with van der Waals surface area (Å²) in [7, 11) is 2.04. The first kappa shape index (κ1) is 21.7. The van der Waals surface area contributed by atoms with Crippen molar-refractivity contribution in [2.75, 3.05) is 0 Å². The van der Waals surface area contributed by atoms with Crippen molar-refractivity contribution < 1.29 is 34.3 Å². The fourth-order valence-corrected chi connectivity index (χ4v) is 1.12. The molecule has 0 saturated carbocycles. The lowest BCUT2D eigenvalue weighted by molar-refractivity contribution is -0.671. The smallest absolute Gasteiger partial charge is 0.328 e. The third-order valence-electron chi connectivity index (χ3n) is 1.96. The molecule has 8 nitrogen and oxygen atoms in total. The lowest BCUT2D eigenvalue weighted by Gasteiger charge is -1.90. The number of carbonyl (C=O) groups is 3. The predicted octanol–water partition coefficient (Wildman–Crippen LogP) is -0.419. The molecule has 1 rings (SSSR count). The van der Waals surface area contributed by atoms with Crippen LogP contribution in [0.2, 0.25) is 0 Å². The largest absolute Gasteiger partial charge is 0.550 e. The van der Waals surface area contributed by atoms with Crippen LogP contribution in [0.25, 0.3) is 0 Å². The van der Waals surface area contributed by atoms with Crippen LogP contribution in [-0.2, 0) is 28.0 Å². The zero-order chi connectivity index (χ0) is 17.5. The van der Waals surface area contributed by atoms with E-state index in [4.69, 9.17) is 20.1 Å². The second-order valence-corrected chi connectivity index (χ2v) is 4.17. The van der Waals surface area contributed by atoms with E-state index in [1.54, 1.807) is 0 Å². The Balaban J connectivity index is 0. The Bertz CT molecular complexity index is 473. The molecule has 8 heteroatoms. The van der Waals surface area contributed by atoms with Crippen LogP contribution >= 0.6 is 0 Å². The molecule has 0 aliphatic rings. The summed E-state index contributed by atoms with van der Waals surface area (Å²) in [6.07, 6.45) is 9.93. The number of nitrogens with zero attached hydrogens (tertiary/aromatic N) is 2. The molecule has 1 aromatic heterocycles. The van der Waals surface area contributed by atoms with E-state index in [2.05, 4.69) is 34.8 Å². The van der Waals surface area contributed by atoms with Gasteiger partial charge in [-0.25, -0.2) is 18.7 Å². The lowest BCUT2D eigenvalue weighted by Crippen LogP contribution is -2.23. The molecule has 0 fully saturated rings. The van der Waals surface area contributed by atoms with Gasteiger partial charge in [0.1, 0.15) is 12.4 Å². The van der Waals surface area contributed by atoms with E-state index in [1.165, 1.54) is 12.8 Å². The van der Waals surface area contributed by atoms with Gasteiger partial charge in [-0.1, -0.05) is 13.3 Å². The maximum absolute atomic E-state index is 9.55. The van der Waals surface area contributed by atoms with Gasteiger partial charge in [-0.15, -0.1) is 0 Å². The maximum Gasteiger partial charge on any atom is 0.328 e. The maximum atomic E-state index is 9.55. The Morgan fingerprint density at radius 2 is 1.68 bits per heavy atom. The van der Waals surface area contributed by atoms with Gasteiger partial charge in [-0.05, 0) is 13.3 Å². The monoisotopic (exact) mass is 314 g/mol. The summed E-state index contributed by atoms with van der Waals surface area (Å²) in [4.78, 5) is 28.0. The Labute approximate surface area is 128 Å². The van der Waals surface area contributed by atoms with Gasteiger partial charge in [-0.3, -0.25) is 0 Å². The minimum absolute atomic E-state index is 0.558. The number of aliphatic carboxylic acids is 3. The van der Waals surface area contributed by atoms with Gasteiger partial charge < -0.3 is 20.1 Å². The summed E-state index contributed by atoms with van der Waals surface area (Å²) in [5.41, 5.74) is 0. The number of hydrogen-bond donors (Lipinski definition) is 2. The zero-order valence-electron chi connectivity index (χ0n) is 12.9. The Morgan fingerprint density at radius 3 is 1.95 bits per heavy atom. The van der Waals surface area contributed by atoms with Gasteiger partial charge in [-0.2, -0.15) is 0 Å².